The average molecular weight is 286 g/mol. The Kier molecular flexibility index (Phi) is 4.05. The number of benzene rings is 1. The molecule has 2 saturated carbocycles. The van der Waals surface area contributed by atoms with Crippen molar-refractivity contribution >= 4 is 5.78 Å². The fourth-order valence-electron chi connectivity index (χ4n) is 4.75. The number of phenolic OH excluding ortho intramolecular Hbond substituents is 1. The van der Waals surface area contributed by atoms with Crippen molar-refractivity contribution in [1.82, 2.24) is 0 Å². The van der Waals surface area contributed by atoms with Gasteiger partial charge in [-0.1, -0.05) is 31.9 Å². The first-order valence-electron chi connectivity index (χ1n) is 8.41. The van der Waals surface area contributed by atoms with Crippen LogP contribution in [0.5, 0.6) is 5.75 Å². The summed E-state index contributed by atoms with van der Waals surface area (Å²) in [5.74, 6) is 2.17. The molecule has 0 saturated heterocycles. The Bertz CT molecular complexity index is 495. The molecule has 2 heteroatoms. The number of phenols is 1. The third kappa shape index (κ3) is 2.86. The first-order chi connectivity index (χ1) is 10.1. The number of hydrogen-bond donors (Lipinski definition) is 1. The van der Waals surface area contributed by atoms with E-state index < -0.39 is 0 Å². The lowest BCUT2D eigenvalue weighted by molar-refractivity contribution is -0.121. The third-order valence-electron chi connectivity index (χ3n) is 5.80. The van der Waals surface area contributed by atoms with Gasteiger partial charge >= 0.3 is 0 Å². The molecule has 3 rings (SSSR count). The highest BCUT2D eigenvalue weighted by Crippen LogP contribution is 2.51. The second kappa shape index (κ2) is 5.82. The monoisotopic (exact) mass is 286 g/mol. The Hall–Kier alpha value is -1.31. The number of aromatic hydroxyl groups is 1. The van der Waals surface area contributed by atoms with E-state index >= 15 is 0 Å². The van der Waals surface area contributed by atoms with E-state index in [0.29, 0.717) is 17.5 Å². The Labute approximate surface area is 127 Å². The quantitative estimate of drug-likeness (QED) is 0.862. The highest BCUT2D eigenvalue weighted by molar-refractivity contribution is 5.79. The summed E-state index contributed by atoms with van der Waals surface area (Å²) in [5, 5.41) is 9.59. The van der Waals surface area contributed by atoms with E-state index in [9.17, 15) is 9.90 Å². The summed E-state index contributed by atoms with van der Waals surface area (Å²) in [6, 6.07) is 7.88. The molecular weight excluding hydrogens is 260 g/mol. The lowest BCUT2D eigenvalue weighted by Gasteiger charge is -2.47. The summed E-state index contributed by atoms with van der Waals surface area (Å²) < 4.78 is 0. The van der Waals surface area contributed by atoms with Gasteiger partial charge in [0.05, 0.1) is 0 Å². The fourth-order valence-corrected chi connectivity index (χ4v) is 4.75. The van der Waals surface area contributed by atoms with Crippen molar-refractivity contribution in [3.8, 4) is 5.75 Å². The minimum Gasteiger partial charge on any atom is -0.508 e. The molecule has 0 amide bonds. The molecule has 21 heavy (non-hydrogen) atoms. The van der Waals surface area contributed by atoms with Crippen molar-refractivity contribution < 1.29 is 9.90 Å². The van der Waals surface area contributed by atoms with Crippen molar-refractivity contribution in [2.75, 3.05) is 0 Å². The predicted molar refractivity (Wildman–Crippen MR) is 84.4 cm³/mol. The Balaban J connectivity index is 1.94. The fraction of sp³-hybridized carbons (Fsp3) is 0.632. The van der Waals surface area contributed by atoms with Gasteiger partial charge in [-0.05, 0) is 60.6 Å². The summed E-state index contributed by atoms with van der Waals surface area (Å²) in [7, 11) is 0. The zero-order chi connectivity index (χ0) is 14.9. The van der Waals surface area contributed by atoms with Gasteiger partial charge in [0, 0.05) is 12.8 Å². The molecule has 2 aliphatic rings. The molecule has 2 aliphatic carbocycles. The molecule has 1 aromatic carbocycles. The molecule has 1 N–H and O–H groups in total. The van der Waals surface area contributed by atoms with Crippen LogP contribution in [0.25, 0.3) is 0 Å². The number of rotatable bonds is 2. The van der Waals surface area contributed by atoms with E-state index in [2.05, 4.69) is 19.1 Å². The normalized spacial score (nSPS) is 31.3. The molecule has 2 nitrogen and oxygen atoms in total. The van der Waals surface area contributed by atoms with Crippen LogP contribution in [0.15, 0.2) is 24.3 Å². The van der Waals surface area contributed by atoms with Gasteiger partial charge in [-0.25, -0.2) is 0 Å². The van der Waals surface area contributed by atoms with Gasteiger partial charge in [0.25, 0.3) is 0 Å². The maximum atomic E-state index is 11.6. The second-order valence-corrected chi connectivity index (χ2v) is 7.22. The van der Waals surface area contributed by atoms with Crippen LogP contribution in [0.2, 0.25) is 0 Å². The highest BCUT2D eigenvalue weighted by Gasteiger charge is 2.43. The summed E-state index contributed by atoms with van der Waals surface area (Å²) in [4.78, 5) is 11.6. The third-order valence-corrected chi connectivity index (χ3v) is 5.80. The molecular formula is C19H26O2. The Morgan fingerprint density at radius 3 is 2.38 bits per heavy atom. The van der Waals surface area contributed by atoms with E-state index in [-0.39, 0.29) is 5.41 Å². The second-order valence-electron chi connectivity index (χ2n) is 7.22. The van der Waals surface area contributed by atoms with E-state index in [1.54, 1.807) is 0 Å². The topological polar surface area (TPSA) is 37.3 Å². The van der Waals surface area contributed by atoms with Gasteiger partial charge in [0.15, 0.2) is 0 Å². The van der Waals surface area contributed by atoms with Crippen molar-refractivity contribution in [3.63, 3.8) is 0 Å². The summed E-state index contributed by atoms with van der Waals surface area (Å²) in [6.45, 7) is 2.36. The van der Waals surface area contributed by atoms with Crippen LogP contribution in [-0.2, 0) is 10.2 Å². The van der Waals surface area contributed by atoms with Crippen molar-refractivity contribution in [2.45, 2.75) is 63.7 Å². The summed E-state index contributed by atoms with van der Waals surface area (Å²) >= 11 is 0. The van der Waals surface area contributed by atoms with Crippen molar-refractivity contribution in [1.29, 1.82) is 0 Å². The molecule has 114 valence electrons. The molecule has 0 radical (unpaired) electrons. The molecule has 0 bridgehead atoms. The van der Waals surface area contributed by atoms with Gasteiger partial charge in [-0.2, -0.15) is 0 Å². The number of ketones is 1. The largest absolute Gasteiger partial charge is 0.508 e. The molecule has 1 aromatic rings. The standard InChI is InChI=1S/C19H26O2/c1-14-3-2-12-19(13-14,15-4-8-17(20)9-5-15)16-6-10-18(21)11-7-16/h4-5,8-9,14,16,20H,2-3,6-7,10-13H2,1H3. The minimum atomic E-state index is 0.228. The van der Waals surface area contributed by atoms with Gasteiger partial charge in [-0.15, -0.1) is 0 Å². The molecule has 2 fully saturated rings. The Morgan fingerprint density at radius 1 is 1.10 bits per heavy atom. The molecule has 0 aliphatic heterocycles. The first kappa shape index (κ1) is 14.6. The molecule has 2 unspecified atom stereocenters. The highest BCUT2D eigenvalue weighted by atomic mass is 16.3. The number of hydrogen-bond acceptors (Lipinski definition) is 2. The maximum Gasteiger partial charge on any atom is 0.132 e. The van der Waals surface area contributed by atoms with Crippen LogP contribution in [0.3, 0.4) is 0 Å². The van der Waals surface area contributed by atoms with Gasteiger partial charge in [-0.3, -0.25) is 4.79 Å². The number of carbonyl (C=O) groups is 1. The maximum absolute atomic E-state index is 11.6. The van der Waals surface area contributed by atoms with Crippen LogP contribution < -0.4 is 0 Å². The lowest BCUT2D eigenvalue weighted by Crippen LogP contribution is -2.41. The van der Waals surface area contributed by atoms with Gasteiger partial charge < -0.3 is 5.11 Å². The number of carbonyl (C=O) groups excluding carboxylic acids is 1. The van der Waals surface area contributed by atoms with Crippen molar-refractivity contribution in [3.05, 3.63) is 29.8 Å². The SMILES string of the molecule is CC1CCCC(c2ccc(O)cc2)(C2CCC(=O)CC2)C1. The van der Waals surface area contributed by atoms with Crippen LogP contribution in [-0.4, -0.2) is 10.9 Å². The van der Waals surface area contributed by atoms with E-state index in [0.717, 1.165) is 31.6 Å². The van der Waals surface area contributed by atoms with E-state index in [4.69, 9.17) is 0 Å². The smallest absolute Gasteiger partial charge is 0.132 e. The van der Waals surface area contributed by atoms with Crippen LogP contribution >= 0.6 is 0 Å². The van der Waals surface area contributed by atoms with E-state index in [1.807, 2.05) is 12.1 Å². The van der Waals surface area contributed by atoms with Crippen LogP contribution in [0, 0.1) is 11.8 Å². The average Bonchev–Trinajstić information content (AvgIpc) is 2.48. The first-order valence-corrected chi connectivity index (χ1v) is 8.41. The Morgan fingerprint density at radius 2 is 1.76 bits per heavy atom. The zero-order valence-corrected chi connectivity index (χ0v) is 13.0. The minimum absolute atomic E-state index is 0.228. The van der Waals surface area contributed by atoms with Crippen LogP contribution in [0.4, 0.5) is 0 Å². The van der Waals surface area contributed by atoms with Crippen molar-refractivity contribution in [2.24, 2.45) is 11.8 Å². The molecule has 0 aromatic heterocycles. The lowest BCUT2D eigenvalue weighted by atomic mass is 9.57. The van der Waals surface area contributed by atoms with Gasteiger partial charge in [0.2, 0.25) is 0 Å². The zero-order valence-electron chi connectivity index (χ0n) is 13.0. The summed E-state index contributed by atoms with van der Waals surface area (Å²) in [6.07, 6.45) is 8.70. The van der Waals surface area contributed by atoms with Gasteiger partial charge in [0.1, 0.15) is 11.5 Å². The molecule has 0 spiro atoms. The molecule has 2 atom stereocenters. The summed E-state index contributed by atoms with van der Waals surface area (Å²) in [5.41, 5.74) is 1.61. The molecule has 0 heterocycles. The number of Topliss-reactive ketones (excluding diaryl/α,β-unsaturated/α-hetero) is 1. The predicted octanol–water partition coefficient (Wildman–Crippen LogP) is 4.60. The van der Waals surface area contributed by atoms with Crippen LogP contribution in [0.1, 0.15) is 63.9 Å². The van der Waals surface area contributed by atoms with E-state index in [1.165, 1.54) is 31.2 Å².